The zero-order valence-corrected chi connectivity index (χ0v) is 19.6. The minimum absolute atomic E-state index is 0. The van der Waals surface area contributed by atoms with Gasteiger partial charge in [-0.25, -0.2) is 0 Å². The molecule has 10 heteroatoms. The third kappa shape index (κ3) is 8.45. The molecule has 29 heavy (non-hydrogen) atoms. The van der Waals surface area contributed by atoms with Crippen LogP contribution in [0.3, 0.4) is 0 Å². The number of rotatable bonds is 8. The SMILES string of the molecule is CCOc1cc2c(cc1CNC(=NC)NCCN(C)CC(F)(F)F)OC(C)C2.I. The van der Waals surface area contributed by atoms with Gasteiger partial charge in [0, 0.05) is 44.2 Å². The van der Waals surface area contributed by atoms with E-state index < -0.39 is 12.7 Å². The van der Waals surface area contributed by atoms with E-state index in [1.807, 2.05) is 26.0 Å². The summed E-state index contributed by atoms with van der Waals surface area (Å²) in [6.45, 7) is 4.62. The van der Waals surface area contributed by atoms with E-state index in [4.69, 9.17) is 9.47 Å². The highest BCUT2D eigenvalue weighted by molar-refractivity contribution is 14.0. The molecule has 1 aliphatic heterocycles. The van der Waals surface area contributed by atoms with E-state index in [-0.39, 0.29) is 36.6 Å². The Morgan fingerprint density at radius 1 is 1.34 bits per heavy atom. The lowest BCUT2D eigenvalue weighted by Crippen LogP contribution is -2.42. The molecule has 1 atom stereocenters. The Hall–Kier alpha value is -1.43. The van der Waals surface area contributed by atoms with Crippen LogP contribution in [-0.2, 0) is 13.0 Å². The van der Waals surface area contributed by atoms with E-state index >= 15 is 0 Å². The Bertz CT molecular complexity index is 686. The zero-order chi connectivity index (χ0) is 20.7. The number of ether oxygens (including phenoxy) is 2. The van der Waals surface area contributed by atoms with Gasteiger partial charge in [0.15, 0.2) is 5.96 Å². The van der Waals surface area contributed by atoms with Crippen LogP contribution in [0.5, 0.6) is 11.5 Å². The summed E-state index contributed by atoms with van der Waals surface area (Å²) in [6, 6.07) is 3.99. The van der Waals surface area contributed by atoms with E-state index in [1.165, 1.54) is 11.9 Å². The van der Waals surface area contributed by atoms with Crippen LogP contribution in [0, 0.1) is 0 Å². The van der Waals surface area contributed by atoms with Crippen molar-refractivity contribution >= 4 is 29.9 Å². The van der Waals surface area contributed by atoms with Gasteiger partial charge < -0.3 is 20.1 Å². The number of likely N-dealkylation sites (N-methyl/N-ethyl adjacent to an activating group) is 1. The molecule has 0 aliphatic carbocycles. The van der Waals surface area contributed by atoms with E-state index in [1.54, 1.807) is 7.05 Å². The summed E-state index contributed by atoms with van der Waals surface area (Å²) < 4.78 is 48.7. The first kappa shape index (κ1) is 25.6. The number of hydrogen-bond donors (Lipinski definition) is 2. The molecule has 166 valence electrons. The molecule has 1 aromatic rings. The molecule has 0 saturated carbocycles. The molecule has 0 aromatic heterocycles. The molecule has 6 nitrogen and oxygen atoms in total. The molecule has 2 N–H and O–H groups in total. The molecule has 0 saturated heterocycles. The summed E-state index contributed by atoms with van der Waals surface area (Å²) in [6.07, 6.45) is -3.19. The van der Waals surface area contributed by atoms with Crippen molar-refractivity contribution in [3.05, 3.63) is 23.3 Å². The van der Waals surface area contributed by atoms with Gasteiger partial charge in [-0.1, -0.05) is 0 Å². The predicted octanol–water partition coefficient (Wildman–Crippen LogP) is 3.19. The van der Waals surface area contributed by atoms with Crippen LogP contribution in [0.25, 0.3) is 0 Å². The average Bonchev–Trinajstić information content (AvgIpc) is 2.95. The molecule has 1 aromatic carbocycles. The van der Waals surface area contributed by atoms with Crippen molar-refractivity contribution in [2.24, 2.45) is 4.99 Å². The number of alkyl halides is 3. The minimum atomic E-state index is -4.20. The first-order valence-electron chi connectivity index (χ1n) is 9.37. The zero-order valence-electron chi connectivity index (χ0n) is 17.2. The highest BCUT2D eigenvalue weighted by Crippen LogP contribution is 2.35. The summed E-state index contributed by atoms with van der Waals surface area (Å²) >= 11 is 0. The molecule has 0 amide bonds. The number of aliphatic imine (C=N–C) groups is 1. The van der Waals surface area contributed by atoms with Crippen molar-refractivity contribution in [2.75, 3.05) is 40.3 Å². The van der Waals surface area contributed by atoms with Crippen LogP contribution in [0.15, 0.2) is 17.1 Å². The van der Waals surface area contributed by atoms with Crippen LogP contribution in [0.4, 0.5) is 13.2 Å². The first-order chi connectivity index (χ1) is 13.2. The standard InChI is InChI=1S/C19H29F3N4O2.HI/c1-5-27-16-9-14-8-13(2)28-17(14)10-15(16)11-25-18(23-3)24-6-7-26(4)12-19(20,21)22;/h9-10,13H,5-8,11-12H2,1-4H3,(H2,23,24,25);1H. The highest BCUT2D eigenvalue weighted by atomic mass is 127. The lowest BCUT2D eigenvalue weighted by Gasteiger charge is -2.20. The van der Waals surface area contributed by atoms with Crippen molar-refractivity contribution in [1.29, 1.82) is 0 Å². The van der Waals surface area contributed by atoms with Crippen LogP contribution in [0.2, 0.25) is 0 Å². The maximum Gasteiger partial charge on any atom is 0.401 e. The molecule has 0 radical (unpaired) electrons. The second-order valence-electron chi connectivity index (χ2n) is 6.84. The van der Waals surface area contributed by atoms with Crippen LogP contribution in [-0.4, -0.2) is 63.5 Å². The number of guanidine groups is 1. The fraction of sp³-hybridized carbons (Fsp3) is 0.632. The van der Waals surface area contributed by atoms with Gasteiger partial charge in [0.05, 0.1) is 13.2 Å². The number of halogens is 4. The summed E-state index contributed by atoms with van der Waals surface area (Å²) in [4.78, 5) is 5.33. The van der Waals surface area contributed by atoms with Gasteiger partial charge in [-0.3, -0.25) is 9.89 Å². The number of hydrogen-bond acceptors (Lipinski definition) is 4. The molecular weight excluding hydrogens is 500 g/mol. The number of nitrogens with one attached hydrogen (secondary N) is 2. The van der Waals surface area contributed by atoms with E-state index in [0.717, 1.165) is 29.0 Å². The molecule has 0 fully saturated rings. The summed E-state index contributed by atoms with van der Waals surface area (Å²) in [5.74, 6) is 2.17. The van der Waals surface area contributed by atoms with Gasteiger partial charge >= 0.3 is 6.18 Å². The highest BCUT2D eigenvalue weighted by Gasteiger charge is 2.28. The van der Waals surface area contributed by atoms with Crippen molar-refractivity contribution in [3.63, 3.8) is 0 Å². The summed E-state index contributed by atoms with van der Waals surface area (Å²) in [7, 11) is 3.05. The lowest BCUT2D eigenvalue weighted by molar-refractivity contribution is -0.142. The number of fused-ring (bicyclic) bond motifs is 1. The molecule has 0 bridgehead atoms. The van der Waals surface area contributed by atoms with Crippen molar-refractivity contribution < 1.29 is 22.6 Å². The Balaban J connectivity index is 0.00000420. The molecule has 1 heterocycles. The summed E-state index contributed by atoms with van der Waals surface area (Å²) in [5, 5.41) is 6.20. The molecule has 0 spiro atoms. The van der Waals surface area contributed by atoms with E-state index in [9.17, 15) is 13.2 Å². The van der Waals surface area contributed by atoms with Crippen LogP contribution in [0.1, 0.15) is 25.0 Å². The smallest absolute Gasteiger partial charge is 0.401 e. The Kier molecular flexibility index (Phi) is 10.3. The third-order valence-electron chi connectivity index (χ3n) is 4.28. The van der Waals surface area contributed by atoms with Gasteiger partial charge in [0.25, 0.3) is 0 Å². The fourth-order valence-electron chi connectivity index (χ4n) is 3.06. The van der Waals surface area contributed by atoms with Gasteiger partial charge in [-0.05, 0) is 33.0 Å². The molecule has 1 unspecified atom stereocenters. The molecular formula is C19H30F3IN4O2. The largest absolute Gasteiger partial charge is 0.494 e. The first-order valence-corrected chi connectivity index (χ1v) is 9.37. The van der Waals surface area contributed by atoms with Gasteiger partial charge in [0.1, 0.15) is 17.6 Å². The predicted molar refractivity (Wildman–Crippen MR) is 119 cm³/mol. The topological polar surface area (TPSA) is 58.1 Å². The Morgan fingerprint density at radius 2 is 2.07 bits per heavy atom. The monoisotopic (exact) mass is 530 g/mol. The second kappa shape index (κ2) is 11.7. The van der Waals surface area contributed by atoms with Gasteiger partial charge in [-0.15, -0.1) is 24.0 Å². The van der Waals surface area contributed by atoms with E-state index in [0.29, 0.717) is 25.7 Å². The van der Waals surface area contributed by atoms with Crippen molar-refractivity contribution in [3.8, 4) is 11.5 Å². The van der Waals surface area contributed by atoms with Crippen LogP contribution < -0.4 is 20.1 Å². The summed E-state index contributed by atoms with van der Waals surface area (Å²) in [5.41, 5.74) is 2.07. The fourth-order valence-corrected chi connectivity index (χ4v) is 3.06. The van der Waals surface area contributed by atoms with Crippen LogP contribution >= 0.6 is 24.0 Å². The molecule has 2 rings (SSSR count). The Labute approximate surface area is 187 Å². The second-order valence-corrected chi connectivity index (χ2v) is 6.84. The number of nitrogens with zero attached hydrogens (tertiary/aromatic N) is 2. The third-order valence-corrected chi connectivity index (χ3v) is 4.28. The minimum Gasteiger partial charge on any atom is -0.494 e. The quantitative estimate of drug-likeness (QED) is 0.307. The number of benzene rings is 1. The van der Waals surface area contributed by atoms with Crippen molar-refractivity contribution in [2.45, 2.75) is 39.1 Å². The average molecular weight is 530 g/mol. The van der Waals surface area contributed by atoms with Gasteiger partial charge in [-0.2, -0.15) is 13.2 Å². The maximum absolute atomic E-state index is 12.4. The maximum atomic E-state index is 12.4. The van der Waals surface area contributed by atoms with E-state index in [2.05, 4.69) is 15.6 Å². The normalized spacial score (nSPS) is 16.1. The lowest BCUT2D eigenvalue weighted by atomic mass is 10.1. The van der Waals surface area contributed by atoms with Gasteiger partial charge in [0.2, 0.25) is 0 Å². The Morgan fingerprint density at radius 3 is 2.69 bits per heavy atom. The van der Waals surface area contributed by atoms with Crippen molar-refractivity contribution in [1.82, 2.24) is 15.5 Å². The molecule has 1 aliphatic rings.